The van der Waals surface area contributed by atoms with Crippen LogP contribution in [0, 0.1) is 0 Å². The van der Waals surface area contributed by atoms with Crippen LogP contribution in [0.2, 0.25) is 0 Å². The fraction of sp³-hybridized carbons (Fsp3) is 0.571. The Labute approximate surface area is 135 Å². The molecular formula is C14H22Br2N2O. The molecule has 2 N–H and O–H groups in total. The van der Waals surface area contributed by atoms with E-state index < -0.39 is 0 Å². The Balaban J connectivity index is 0.000000902. The zero-order chi connectivity index (χ0) is 11.7. The first-order valence-electron chi connectivity index (χ1n) is 6.58. The van der Waals surface area contributed by atoms with Crippen molar-refractivity contribution in [2.75, 3.05) is 26.2 Å². The second-order valence-electron chi connectivity index (χ2n) is 5.14. The van der Waals surface area contributed by atoms with E-state index in [0.29, 0.717) is 11.8 Å². The average molecular weight is 394 g/mol. The van der Waals surface area contributed by atoms with Gasteiger partial charge in [-0.3, -0.25) is 4.90 Å². The summed E-state index contributed by atoms with van der Waals surface area (Å²) in [5.41, 5.74) is 2.77. The highest BCUT2D eigenvalue weighted by Gasteiger charge is 2.25. The minimum absolute atomic E-state index is 0. The molecule has 1 aliphatic heterocycles. The van der Waals surface area contributed by atoms with Crippen LogP contribution in [-0.2, 0) is 12.8 Å². The first-order chi connectivity index (χ1) is 8.33. The highest BCUT2D eigenvalue weighted by atomic mass is 79.9. The Morgan fingerprint density at radius 1 is 1.11 bits per heavy atom. The number of phenolic OH excluding ortho intramolecular Hbond substituents is 1. The van der Waals surface area contributed by atoms with Crippen LogP contribution >= 0.6 is 34.0 Å². The van der Waals surface area contributed by atoms with E-state index in [4.69, 9.17) is 0 Å². The second kappa shape index (κ2) is 7.62. The van der Waals surface area contributed by atoms with Crippen molar-refractivity contribution in [1.29, 1.82) is 0 Å². The molecule has 2 aliphatic rings. The van der Waals surface area contributed by atoms with Gasteiger partial charge in [-0.15, -0.1) is 34.0 Å². The summed E-state index contributed by atoms with van der Waals surface area (Å²) in [4.78, 5) is 2.62. The highest BCUT2D eigenvalue weighted by Crippen LogP contribution is 2.27. The number of fused-ring (bicyclic) bond motifs is 1. The van der Waals surface area contributed by atoms with E-state index in [0.717, 1.165) is 25.9 Å². The van der Waals surface area contributed by atoms with Crippen molar-refractivity contribution in [2.45, 2.75) is 25.3 Å². The van der Waals surface area contributed by atoms with Crippen LogP contribution in [0.3, 0.4) is 0 Å². The van der Waals surface area contributed by atoms with Gasteiger partial charge in [0.2, 0.25) is 0 Å². The van der Waals surface area contributed by atoms with E-state index in [1.807, 2.05) is 12.1 Å². The molecule has 1 aromatic rings. The molecule has 0 radical (unpaired) electrons. The molecule has 1 aliphatic carbocycles. The number of piperazine rings is 1. The Hall–Kier alpha value is -0.100. The molecule has 0 saturated carbocycles. The number of rotatable bonds is 1. The summed E-state index contributed by atoms with van der Waals surface area (Å²) in [5.74, 6) is 0.407. The Morgan fingerprint density at radius 3 is 2.58 bits per heavy atom. The molecule has 1 saturated heterocycles. The van der Waals surface area contributed by atoms with Gasteiger partial charge in [-0.1, -0.05) is 6.07 Å². The maximum absolute atomic E-state index is 9.48. The van der Waals surface area contributed by atoms with Crippen LogP contribution in [0.25, 0.3) is 0 Å². The molecule has 3 nitrogen and oxygen atoms in total. The first-order valence-corrected chi connectivity index (χ1v) is 6.58. The van der Waals surface area contributed by atoms with Gasteiger partial charge >= 0.3 is 0 Å². The maximum Gasteiger partial charge on any atom is 0.115 e. The summed E-state index contributed by atoms with van der Waals surface area (Å²) in [6, 6.07) is 6.55. The molecule has 0 spiro atoms. The fourth-order valence-electron chi connectivity index (χ4n) is 3.08. The van der Waals surface area contributed by atoms with Crippen LogP contribution in [-0.4, -0.2) is 42.2 Å². The molecule has 1 heterocycles. The van der Waals surface area contributed by atoms with E-state index in [-0.39, 0.29) is 34.0 Å². The molecule has 1 aromatic carbocycles. The van der Waals surface area contributed by atoms with E-state index in [1.54, 1.807) is 0 Å². The van der Waals surface area contributed by atoms with Crippen molar-refractivity contribution in [3.63, 3.8) is 0 Å². The van der Waals surface area contributed by atoms with E-state index in [9.17, 15) is 5.11 Å². The van der Waals surface area contributed by atoms with Crippen molar-refractivity contribution >= 4 is 34.0 Å². The zero-order valence-electron chi connectivity index (χ0n) is 11.0. The lowest BCUT2D eigenvalue weighted by molar-refractivity contribution is 0.159. The largest absolute Gasteiger partial charge is 0.508 e. The number of hydrogen-bond acceptors (Lipinski definition) is 3. The van der Waals surface area contributed by atoms with Gasteiger partial charge in [0.25, 0.3) is 0 Å². The smallest absolute Gasteiger partial charge is 0.115 e. The number of nitrogens with zero attached hydrogens (tertiary/aromatic N) is 1. The Morgan fingerprint density at radius 2 is 1.84 bits per heavy atom. The lowest BCUT2D eigenvalue weighted by Gasteiger charge is -2.37. The molecule has 1 fully saturated rings. The van der Waals surface area contributed by atoms with Crippen LogP contribution in [0.4, 0.5) is 0 Å². The second-order valence-corrected chi connectivity index (χ2v) is 5.14. The average Bonchev–Trinajstić information content (AvgIpc) is 2.39. The molecule has 1 atom stereocenters. The maximum atomic E-state index is 9.48. The fourth-order valence-corrected chi connectivity index (χ4v) is 3.08. The lowest BCUT2D eigenvalue weighted by atomic mass is 9.87. The predicted octanol–water partition coefficient (Wildman–Crippen LogP) is 2.31. The number of benzene rings is 1. The molecular weight excluding hydrogens is 372 g/mol. The van der Waals surface area contributed by atoms with Crippen molar-refractivity contribution in [1.82, 2.24) is 10.2 Å². The van der Waals surface area contributed by atoms with Crippen molar-refractivity contribution in [2.24, 2.45) is 0 Å². The number of aromatic hydroxyl groups is 1. The minimum Gasteiger partial charge on any atom is -0.508 e. The topological polar surface area (TPSA) is 35.5 Å². The van der Waals surface area contributed by atoms with Gasteiger partial charge in [0, 0.05) is 32.2 Å². The number of hydrogen-bond donors (Lipinski definition) is 2. The third-order valence-electron chi connectivity index (χ3n) is 4.06. The molecule has 5 heteroatoms. The quantitative estimate of drug-likeness (QED) is 0.768. The van der Waals surface area contributed by atoms with E-state index in [1.165, 1.54) is 30.6 Å². The number of nitrogens with one attached hydrogen (secondary N) is 1. The SMILES string of the molecule is Br.Br.Oc1ccc2c(c1)CCC(N1CCNCC1)C2. The van der Waals surface area contributed by atoms with Crippen LogP contribution < -0.4 is 5.32 Å². The Bertz CT molecular complexity index is 408. The summed E-state index contributed by atoms with van der Waals surface area (Å²) in [7, 11) is 0. The zero-order valence-corrected chi connectivity index (χ0v) is 14.4. The lowest BCUT2D eigenvalue weighted by Crippen LogP contribution is -2.50. The van der Waals surface area contributed by atoms with Gasteiger partial charge in [0.1, 0.15) is 5.75 Å². The van der Waals surface area contributed by atoms with Gasteiger partial charge in [-0.05, 0) is 42.5 Å². The van der Waals surface area contributed by atoms with Crippen molar-refractivity contribution in [3.8, 4) is 5.75 Å². The van der Waals surface area contributed by atoms with E-state index in [2.05, 4.69) is 16.3 Å². The molecule has 0 amide bonds. The van der Waals surface area contributed by atoms with Gasteiger partial charge in [0.05, 0.1) is 0 Å². The number of halogens is 2. The molecule has 19 heavy (non-hydrogen) atoms. The first kappa shape index (κ1) is 17.0. The number of phenols is 1. The summed E-state index contributed by atoms with van der Waals surface area (Å²) < 4.78 is 0. The summed E-state index contributed by atoms with van der Waals surface area (Å²) >= 11 is 0. The molecule has 3 rings (SSSR count). The highest BCUT2D eigenvalue weighted by molar-refractivity contribution is 8.93. The van der Waals surface area contributed by atoms with Gasteiger partial charge in [-0.25, -0.2) is 0 Å². The van der Waals surface area contributed by atoms with Crippen LogP contribution in [0.1, 0.15) is 17.5 Å². The van der Waals surface area contributed by atoms with Crippen molar-refractivity contribution < 1.29 is 5.11 Å². The standard InChI is InChI=1S/C14H20N2O.2BrH/c17-14-4-2-11-9-13(3-1-12(11)10-14)16-7-5-15-6-8-16;;/h2,4,10,13,15,17H,1,3,5-9H2;2*1H. The van der Waals surface area contributed by atoms with Gasteiger partial charge in [-0.2, -0.15) is 0 Å². The third kappa shape index (κ3) is 3.94. The third-order valence-corrected chi connectivity index (χ3v) is 4.06. The van der Waals surface area contributed by atoms with Gasteiger partial charge < -0.3 is 10.4 Å². The Kier molecular flexibility index (Phi) is 6.80. The monoisotopic (exact) mass is 392 g/mol. The minimum atomic E-state index is 0. The number of aryl methyl sites for hydroxylation is 1. The summed E-state index contributed by atoms with van der Waals surface area (Å²) in [6.07, 6.45) is 3.49. The van der Waals surface area contributed by atoms with Crippen molar-refractivity contribution in [3.05, 3.63) is 29.3 Å². The summed E-state index contributed by atoms with van der Waals surface area (Å²) in [5, 5.41) is 12.9. The van der Waals surface area contributed by atoms with Crippen LogP contribution in [0.5, 0.6) is 5.75 Å². The van der Waals surface area contributed by atoms with E-state index >= 15 is 0 Å². The molecule has 0 bridgehead atoms. The molecule has 108 valence electrons. The van der Waals surface area contributed by atoms with Crippen LogP contribution in [0.15, 0.2) is 18.2 Å². The molecule has 0 aromatic heterocycles. The van der Waals surface area contributed by atoms with Gasteiger partial charge in [0.15, 0.2) is 0 Å². The molecule has 1 unspecified atom stereocenters. The normalized spacial score (nSPS) is 22.8. The summed E-state index contributed by atoms with van der Waals surface area (Å²) in [6.45, 7) is 4.61. The predicted molar refractivity (Wildman–Crippen MR) is 89.0 cm³/mol.